The molecule has 1 aromatic heterocycles. The Balaban J connectivity index is 1.49. The molecule has 4 rings (SSSR count). The number of hydrogen-bond donors (Lipinski definition) is 2. The van der Waals surface area contributed by atoms with E-state index in [2.05, 4.69) is 10.3 Å². The molecular formula is C17H14ClFN2O4. The number of oxazole rings is 1. The molecule has 0 radical (unpaired) electrons. The summed E-state index contributed by atoms with van der Waals surface area (Å²) in [6.45, 7) is 1.00. The van der Waals surface area contributed by atoms with Crippen LogP contribution in [0.5, 0.6) is 11.5 Å². The van der Waals surface area contributed by atoms with E-state index in [1.807, 2.05) is 0 Å². The van der Waals surface area contributed by atoms with Crippen LogP contribution in [0.1, 0.15) is 11.7 Å². The van der Waals surface area contributed by atoms with E-state index in [0.717, 1.165) is 0 Å². The number of ether oxygens (including phenoxy) is 2. The lowest BCUT2D eigenvalue weighted by Crippen LogP contribution is -2.17. The maximum absolute atomic E-state index is 13.2. The van der Waals surface area contributed by atoms with Crippen molar-refractivity contribution in [1.29, 1.82) is 0 Å². The third-order valence-corrected chi connectivity index (χ3v) is 4.08. The number of aromatic nitrogens is 1. The summed E-state index contributed by atoms with van der Waals surface area (Å²) in [5.41, 5.74) is 1.43. The highest BCUT2D eigenvalue weighted by Gasteiger charge is 2.20. The van der Waals surface area contributed by atoms with Gasteiger partial charge in [0.2, 0.25) is 0 Å². The van der Waals surface area contributed by atoms with Crippen LogP contribution < -0.4 is 14.8 Å². The smallest absolute Gasteiger partial charge is 0.295 e. The molecule has 1 atom stereocenters. The molecule has 0 spiro atoms. The highest BCUT2D eigenvalue weighted by atomic mass is 35.5. The van der Waals surface area contributed by atoms with Crippen LogP contribution in [0.4, 0.5) is 10.4 Å². The lowest BCUT2D eigenvalue weighted by atomic mass is 10.1. The van der Waals surface area contributed by atoms with Crippen LogP contribution in [-0.4, -0.2) is 29.8 Å². The molecule has 0 saturated heterocycles. The first-order valence-electron chi connectivity index (χ1n) is 7.67. The highest BCUT2D eigenvalue weighted by Crippen LogP contribution is 2.39. The molecule has 1 aliphatic rings. The molecule has 3 aromatic rings. The van der Waals surface area contributed by atoms with Crippen molar-refractivity contribution in [3.8, 4) is 11.5 Å². The second kappa shape index (κ2) is 6.42. The minimum Gasteiger partial charge on any atom is -0.486 e. The van der Waals surface area contributed by atoms with Crippen molar-refractivity contribution in [3.63, 3.8) is 0 Å². The van der Waals surface area contributed by atoms with E-state index in [4.69, 9.17) is 25.5 Å². The third-order valence-electron chi connectivity index (χ3n) is 3.80. The molecule has 2 aromatic carbocycles. The molecule has 0 fully saturated rings. The molecule has 0 amide bonds. The van der Waals surface area contributed by atoms with Crippen molar-refractivity contribution in [2.24, 2.45) is 0 Å². The third kappa shape index (κ3) is 3.20. The summed E-state index contributed by atoms with van der Waals surface area (Å²) in [6, 6.07) is 7.59. The number of fused-ring (bicyclic) bond motifs is 2. The van der Waals surface area contributed by atoms with Crippen LogP contribution >= 0.6 is 11.6 Å². The molecular weight excluding hydrogens is 351 g/mol. The fraction of sp³-hybridized carbons (Fsp3) is 0.235. The van der Waals surface area contributed by atoms with Gasteiger partial charge in [0.25, 0.3) is 6.01 Å². The summed E-state index contributed by atoms with van der Waals surface area (Å²) in [4.78, 5) is 4.13. The zero-order valence-electron chi connectivity index (χ0n) is 13.0. The summed E-state index contributed by atoms with van der Waals surface area (Å²) in [5, 5.41) is 13.6. The number of halogens is 2. The number of aliphatic hydroxyl groups excluding tert-OH is 1. The number of aliphatic hydroxyl groups is 1. The first-order valence-corrected chi connectivity index (χ1v) is 8.05. The fourth-order valence-corrected chi connectivity index (χ4v) is 2.87. The topological polar surface area (TPSA) is 76.8 Å². The Labute approximate surface area is 147 Å². The largest absolute Gasteiger partial charge is 0.486 e. The van der Waals surface area contributed by atoms with Gasteiger partial charge in [-0.3, -0.25) is 0 Å². The molecule has 2 N–H and O–H groups in total. The van der Waals surface area contributed by atoms with Crippen LogP contribution in [0, 0.1) is 5.82 Å². The fourth-order valence-electron chi connectivity index (χ4n) is 2.60. The average molecular weight is 365 g/mol. The van der Waals surface area contributed by atoms with Crippen molar-refractivity contribution in [2.45, 2.75) is 6.10 Å². The Morgan fingerprint density at radius 3 is 2.96 bits per heavy atom. The van der Waals surface area contributed by atoms with Gasteiger partial charge in [-0.25, -0.2) is 4.39 Å². The Kier molecular flexibility index (Phi) is 4.10. The monoisotopic (exact) mass is 364 g/mol. The number of benzene rings is 2. The van der Waals surface area contributed by atoms with E-state index in [1.54, 1.807) is 12.1 Å². The van der Waals surface area contributed by atoms with Crippen LogP contribution in [-0.2, 0) is 0 Å². The molecule has 0 bridgehead atoms. The zero-order chi connectivity index (χ0) is 17.4. The summed E-state index contributed by atoms with van der Waals surface area (Å²) < 4.78 is 29.6. The minimum absolute atomic E-state index is 0.130. The number of nitrogens with zero attached hydrogens (tertiary/aromatic N) is 1. The van der Waals surface area contributed by atoms with Crippen LogP contribution in [0.3, 0.4) is 0 Å². The normalized spacial score (nSPS) is 14.5. The second-order valence-electron chi connectivity index (χ2n) is 5.55. The lowest BCUT2D eigenvalue weighted by Gasteiger charge is -2.21. The van der Waals surface area contributed by atoms with E-state index in [0.29, 0.717) is 46.4 Å². The lowest BCUT2D eigenvalue weighted by molar-refractivity contribution is 0.167. The van der Waals surface area contributed by atoms with E-state index < -0.39 is 11.9 Å². The first kappa shape index (κ1) is 16.0. The van der Waals surface area contributed by atoms with Gasteiger partial charge >= 0.3 is 0 Å². The number of anilines is 1. The quantitative estimate of drug-likeness (QED) is 0.737. The second-order valence-corrected chi connectivity index (χ2v) is 5.96. The van der Waals surface area contributed by atoms with Crippen LogP contribution in [0.2, 0.25) is 5.02 Å². The van der Waals surface area contributed by atoms with Gasteiger partial charge in [0, 0.05) is 12.6 Å². The maximum atomic E-state index is 13.2. The van der Waals surface area contributed by atoms with Gasteiger partial charge in [0.05, 0.1) is 11.1 Å². The van der Waals surface area contributed by atoms with Crippen molar-refractivity contribution >= 4 is 28.7 Å². The number of hydrogen-bond acceptors (Lipinski definition) is 6. The van der Waals surface area contributed by atoms with Gasteiger partial charge in [-0.15, -0.1) is 0 Å². The summed E-state index contributed by atoms with van der Waals surface area (Å²) in [7, 11) is 0. The summed E-state index contributed by atoms with van der Waals surface area (Å²) in [6.07, 6.45) is -0.875. The minimum atomic E-state index is -0.875. The Morgan fingerprint density at radius 2 is 2.08 bits per heavy atom. The average Bonchev–Trinajstić information content (AvgIpc) is 3.01. The van der Waals surface area contributed by atoms with E-state index in [1.165, 1.54) is 18.2 Å². The van der Waals surface area contributed by atoms with Gasteiger partial charge in [-0.05, 0) is 29.8 Å². The maximum Gasteiger partial charge on any atom is 0.295 e. The molecule has 8 heteroatoms. The standard InChI is InChI=1S/C17H14ClFN2O4/c18-11-5-9(6-15-16(11)24-4-3-23-15)13(22)8-20-17-21-12-7-10(19)1-2-14(12)25-17/h1-2,5-7,13,22H,3-4,8H2,(H,20,21)/t13-/m1/s1. The van der Waals surface area contributed by atoms with Crippen molar-refractivity contribution in [3.05, 3.63) is 46.7 Å². The predicted octanol–water partition coefficient (Wildman–Crippen LogP) is 3.54. The molecule has 2 heterocycles. The molecule has 25 heavy (non-hydrogen) atoms. The Bertz CT molecular complexity index is 930. The first-order chi connectivity index (χ1) is 12.1. The number of rotatable bonds is 4. The van der Waals surface area contributed by atoms with Gasteiger partial charge in [-0.1, -0.05) is 11.6 Å². The van der Waals surface area contributed by atoms with E-state index in [9.17, 15) is 9.50 Å². The van der Waals surface area contributed by atoms with Gasteiger partial charge in [0.1, 0.15) is 24.5 Å². The summed E-state index contributed by atoms with van der Waals surface area (Å²) >= 11 is 6.17. The van der Waals surface area contributed by atoms with Gasteiger partial charge in [-0.2, -0.15) is 4.98 Å². The van der Waals surface area contributed by atoms with Crippen molar-refractivity contribution in [2.75, 3.05) is 25.1 Å². The predicted molar refractivity (Wildman–Crippen MR) is 89.9 cm³/mol. The molecule has 1 aliphatic heterocycles. The highest BCUT2D eigenvalue weighted by molar-refractivity contribution is 6.32. The summed E-state index contributed by atoms with van der Waals surface area (Å²) in [5.74, 6) is 0.598. The molecule has 6 nitrogen and oxygen atoms in total. The van der Waals surface area contributed by atoms with Crippen LogP contribution in [0.25, 0.3) is 11.1 Å². The number of nitrogens with one attached hydrogen (secondary N) is 1. The molecule has 0 aliphatic carbocycles. The zero-order valence-corrected chi connectivity index (χ0v) is 13.7. The van der Waals surface area contributed by atoms with Gasteiger partial charge in [0.15, 0.2) is 17.1 Å². The van der Waals surface area contributed by atoms with Crippen LogP contribution in [0.15, 0.2) is 34.7 Å². The molecule has 0 saturated carbocycles. The molecule has 130 valence electrons. The van der Waals surface area contributed by atoms with Crippen molar-refractivity contribution < 1.29 is 23.4 Å². The molecule has 0 unspecified atom stereocenters. The Hall–Kier alpha value is -2.51. The van der Waals surface area contributed by atoms with E-state index >= 15 is 0 Å². The Morgan fingerprint density at radius 1 is 1.24 bits per heavy atom. The SMILES string of the molecule is O[C@H](CNc1nc2cc(F)ccc2o1)c1cc(Cl)c2c(c1)OCCO2. The van der Waals surface area contributed by atoms with Crippen molar-refractivity contribution in [1.82, 2.24) is 4.98 Å². The van der Waals surface area contributed by atoms with Gasteiger partial charge < -0.3 is 24.3 Å². The van der Waals surface area contributed by atoms with E-state index in [-0.39, 0.29) is 12.6 Å².